The van der Waals surface area contributed by atoms with E-state index in [1.54, 1.807) is 11.3 Å². The van der Waals surface area contributed by atoms with Crippen molar-refractivity contribution in [3.63, 3.8) is 0 Å². The van der Waals surface area contributed by atoms with Crippen LogP contribution in [0.25, 0.3) is 134 Å². The Morgan fingerprint density at radius 3 is 1.92 bits per heavy atom. The molecule has 0 saturated heterocycles. The van der Waals surface area contributed by atoms with Crippen molar-refractivity contribution in [2.45, 2.75) is 0 Å². The molecule has 4 aromatic heterocycles. The maximum absolute atomic E-state index is 5.67. The monoisotopic (exact) mass is 809 g/mol. The number of hydrogen-bond donors (Lipinski definition) is 0. The van der Waals surface area contributed by atoms with Crippen LogP contribution in [0, 0.1) is 0 Å². The first-order valence-corrected chi connectivity index (χ1v) is 22.3. The van der Waals surface area contributed by atoms with Gasteiger partial charge in [0.1, 0.15) is 16.0 Å². The topological polar surface area (TPSA) is 30.7 Å². The Morgan fingerprint density at radius 2 is 1.07 bits per heavy atom. The van der Waals surface area contributed by atoms with Crippen LogP contribution < -0.4 is 0 Å². The molecule has 0 saturated carbocycles. The molecule has 5 heteroatoms. The molecule has 0 spiro atoms. The number of nitrogens with zero attached hydrogens (tertiary/aromatic N) is 3. The SMILES string of the molecule is c1ccc(-c2nc3sc4ccccc4c3nc2-n2c3ccccc3c3c4ccccc4c4c(sc5ccc6cc(-c7cc8ccccc8c8ccccc78)ccc6c54)c32)cc1. The van der Waals surface area contributed by atoms with Crippen molar-refractivity contribution in [3.8, 4) is 28.2 Å². The lowest BCUT2D eigenvalue weighted by molar-refractivity contribution is 1.09. The van der Waals surface area contributed by atoms with E-state index < -0.39 is 0 Å². The second-order valence-corrected chi connectivity index (χ2v) is 18.1. The van der Waals surface area contributed by atoms with E-state index in [2.05, 4.69) is 193 Å². The fourth-order valence-electron chi connectivity index (χ4n) is 10.1. The highest BCUT2D eigenvalue weighted by Gasteiger charge is 2.26. The van der Waals surface area contributed by atoms with Crippen LogP contribution in [-0.2, 0) is 0 Å². The number of benzene rings is 10. The zero-order valence-corrected chi connectivity index (χ0v) is 34.2. The lowest BCUT2D eigenvalue weighted by Crippen LogP contribution is -2.03. The lowest BCUT2D eigenvalue weighted by atomic mass is 9.91. The zero-order chi connectivity index (χ0) is 39.8. The highest BCUT2D eigenvalue weighted by Crippen LogP contribution is 2.50. The molecule has 10 aromatic carbocycles. The summed E-state index contributed by atoms with van der Waals surface area (Å²) in [6, 6.07) is 68.7. The zero-order valence-electron chi connectivity index (χ0n) is 32.6. The van der Waals surface area contributed by atoms with Crippen LogP contribution in [-0.4, -0.2) is 14.5 Å². The quantitative estimate of drug-likeness (QED) is 0.166. The predicted octanol–water partition coefficient (Wildman–Crippen LogP) is 16.3. The van der Waals surface area contributed by atoms with Gasteiger partial charge in [0.15, 0.2) is 5.82 Å². The maximum Gasteiger partial charge on any atom is 0.165 e. The minimum absolute atomic E-state index is 0.847. The highest BCUT2D eigenvalue weighted by molar-refractivity contribution is 7.27. The molecular weight excluding hydrogens is 779 g/mol. The van der Waals surface area contributed by atoms with Gasteiger partial charge in [-0.2, -0.15) is 0 Å². The molecule has 14 aromatic rings. The summed E-state index contributed by atoms with van der Waals surface area (Å²) in [4.78, 5) is 12.1. The van der Waals surface area contributed by atoms with E-state index >= 15 is 0 Å². The van der Waals surface area contributed by atoms with Crippen LogP contribution in [0.15, 0.2) is 188 Å². The largest absolute Gasteiger partial charge is 0.290 e. The second kappa shape index (κ2) is 12.5. The highest BCUT2D eigenvalue weighted by atomic mass is 32.1. The normalized spacial score (nSPS) is 12.3. The molecule has 0 aliphatic rings. The number of rotatable bonds is 3. The summed E-state index contributed by atoms with van der Waals surface area (Å²) in [6.45, 7) is 0. The standard InChI is InChI=1S/C56H31N3S2/c1-2-14-32(15-3-1)51-55(57-52-43-23-11-13-25-46(43)61-56(52)58-51)59-45-24-12-10-22-42(45)48-40-20-8-9-21-41(40)50-49-37-28-26-35(30-34(37)27-29-47(49)60-54(50)53(48)59)44-31-33-16-4-5-17-36(33)38-18-6-7-19-39(38)44/h1-31H. The molecule has 3 nitrogen and oxygen atoms in total. The van der Waals surface area contributed by atoms with Crippen LogP contribution in [0.5, 0.6) is 0 Å². The smallest absolute Gasteiger partial charge is 0.165 e. The summed E-state index contributed by atoms with van der Waals surface area (Å²) in [5.74, 6) is 0.847. The van der Waals surface area contributed by atoms with E-state index in [0.29, 0.717) is 0 Å². The van der Waals surface area contributed by atoms with Gasteiger partial charge in [-0.3, -0.25) is 4.57 Å². The van der Waals surface area contributed by atoms with E-state index in [0.717, 1.165) is 38.3 Å². The van der Waals surface area contributed by atoms with E-state index in [1.807, 2.05) is 11.3 Å². The third kappa shape index (κ3) is 4.67. The number of aromatic nitrogens is 3. The fraction of sp³-hybridized carbons (Fsp3) is 0. The molecule has 61 heavy (non-hydrogen) atoms. The summed E-state index contributed by atoms with van der Waals surface area (Å²) in [6.07, 6.45) is 0. The van der Waals surface area contributed by atoms with Gasteiger partial charge in [-0.05, 0) is 84.5 Å². The first-order valence-electron chi connectivity index (χ1n) is 20.7. The Kier molecular flexibility index (Phi) is 6.87. The summed E-state index contributed by atoms with van der Waals surface area (Å²) >= 11 is 3.60. The van der Waals surface area contributed by atoms with Gasteiger partial charge in [-0.25, -0.2) is 9.97 Å². The van der Waals surface area contributed by atoms with Gasteiger partial charge in [0.25, 0.3) is 0 Å². The molecule has 4 heterocycles. The van der Waals surface area contributed by atoms with Gasteiger partial charge in [0.05, 0.1) is 15.7 Å². The van der Waals surface area contributed by atoms with Crippen molar-refractivity contribution >= 4 is 128 Å². The molecule has 0 unspecified atom stereocenters. The third-order valence-electron chi connectivity index (χ3n) is 12.8. The van der Waals surface area contributed by atoms with Gasteiger partial charge in [0, 0.05) is 41.9 Å². The van der Waals surface area contributed by atoms with Crippen molar-refractivity contribution < 1.29 is 0 Å². The van der Waals surface area contributed by atoms with E-state index in [9.17, 15) is 0 Å². The Morgan fingerprint density at radius 1 is 0.393 bits per heavy atom. The molecule has 0 radical (unpaired) electrons. The summed E-state index contributed by atoms with van der Waals surface area (Å²) < 4.78 is 6.15. The average Bonchev–Trinajstić information content (AvgIpc) is 4.01. The van der Waals surface area contributed by atoms with Gasteiger partial charge in [0.2, 0.25) is 0 Å². The van der Waals surface area contributed by atoms with Crippen molar-refractivity contribution in [3.05, 3.63) is 188 Å². The minimum atomic E-state index is 0.847. The Bertz CT molecular complexity index is 4170. The first kappa shape index (κ1) is 33.4. The fourth-order valence-corrected chi connectivity index (χ4v) is 12.4. The molecule has 282 valence electrons. The lowest BCUT2D eigenvalue weighted by Gasteiger charge is -2.14. The first-order chi connectivity index (χ1) is 30.3. The number of fused-ring (bicyclic) bond motifs is 18. The Balaban J connectivity index is 1.12. The number of hydrogen-bond acceptors (Lipinski definition) is 4. The number of thiophene rings is 2. The molecule has 0 aliphatic carbocycles. The summed E-state index contributed by atoms with van der Waals surface area (Å²) in [5.41, 5.74) is 7.64. The molecule has 0 atom stereocenters. The van der Waals surface area contributed by atoms with Gasteiger partial charge in [-0.15, -0.1) is 22.7 Å². The van der Waals surface area contributed by atoms with E-state index in [4.69, 9.17) is 9.97 Å². The predicted molar refractivity (Wildman–Crippen MR) is 263 cm³/mol. The molecule has 0 aliphatic heterocycles. The third-order valence-corrected chi connectivity index (χ3v) is 15.0. The van der Waals surface area contributed by atoms with Crippen molar-refractivity contribution in [1.29, 1.82) is 0 Å². The molecule has 0 amide bonds. The van der Waals surface area contributed by atoms with Gasteiger partial charge in [-0.1, -0.05) is 158 Å². The van der Waals surface area contributed by atoms with Gasteiger partial charge >= 0.3 is 0 Å². The second-order valence-electron chi connectivity index (χ2n) is 16.0. The number of para-hydroxylation sites is 1. The minimum Gasteiger partial charge on any atom is -0.290 e. The summed E-state index contributed by atoms with van der Waals surface area (Å²) in [7, 11) is 0. The maximum atomic E-state index is 5.67. The van der Waals surface area contributed by atoms with E-state index in [-0.39, 0.29) is 0 Å². The van der Waals surface area contributed by atoms with Crippen molar-refractivity contribution in [2.75, 3.05) is 0 Å². The van der Waals surface area contributed by atoms with Crippen molar-refractivity contribution in [2.24, 2.45) is 0 Å². The molecular formula is C56H31N3S2. The summed E-state index contributed by atoms with van der Waals surface area (Å²) in [5, 5.41) is 16.3. The molecule has 14 rings (SSSR count). The van der Waals surface area contributed by atoms with Crippen LogP contribution >= 0.6 is 22.7 Å². The Hall–Kier alpha value is -7.44. The van der Waals surface area contributed by atoms with Crippen LogP contribution in [0.1, 0.15) is 0 Å². The van der Waals surface area contributed by atoms with Gasteiger partial charge < -0.3 is 0 Å². The van der Waals surface area contributed by atoms with Crippen molar-refractivity contribution in [1.82, 2.24) is 14.5 Å². The average molecular weight is 810 g/mol. The molecule has 0 bridgehead atoms. The van der Waals surface area contributed by atoms with Crippen LogP contribution in [0.3, 0.4) is 0 Å². The molecule has 0 fully saturated rings. The van der Waals surface area contributed by atoms with Crippen LogP contribution in [0.4, 0.5) is 0 Å². The Labute approximate surface area is 357 Å². The van der Waals surface area contributed by atoms with E-state index in [1.165, 1.54) is 95.4 Å². The van der Waals surface area contributed by atoms with Crippen LogP contribution in [0.2, 0.25) is 0 Å². The molecule has 0 N–H and O–H groups in total.